The predicted octanol–water partition coefficient (Wildman–Crippen LogP) is 2.86. The van der Waals surface area contributed by atoms with Gasteiger partial charge < -0.3 is 10.4 Å². The second-order valence-corrected chi connectivity index (χ2v) is 5.80. The summed E-state index contributed by atoms with van der Waals surface area (Å²) in [5.74, 6) is -0.927. The lowest BCUT2D eigenvalue weighted by molar-refractivity contribution is -0.137. The van der Waals surface area contributed by atoms with Gasteiger partial charge in [0, 0.05) is 13.0 Å². The molecule has 1 aromatic heterocycles. The fraction of sp³-hybridized carbons (Fsp3) is 0.389. The van der Waals surface area contributed by atoms with Gasteiger partial charge in [0.15, 0.2) is 0 Å². The third kappa shape index (κ3) is 4.44. The summed E-state index contributed by atoms with van der Waals surface area (Å²) in [6.07, 6.45) is 3.95. The number of carboxylic acid groups (broad SMARTS) is 1. The highest BCUT2D eigenvalue weighted by Crippen LogP contribution is 2.17. The van der Waals surface area contributed by atoms with E-state index in [-0.39, 0.29) is 12.3 Å². The first kappa shape index (κ1) is 17.7. The third-order valence-corrected chi connectivity index (χ3v) is 3.95. The van der Waals surface area contributed by atoms with Crippen molar-refractivity contribution in [2.75, 3.05) is 6.54 Å². The van der Waals surface area contributed by atoms with Crippen LogP contribution in [0, 0.1) is 13.8 Å². The molecule has 2 N–H and O–H groups in total. The second-order valence-electron chi connectivity index (χ2n) is 5.80. The molecular weight excluding hydrogens is 306 g/mol. The number of carbonyl (C=O) groups excluding carboxylic acids is 1. The molecule has 6 heteroatoms. The molecule has 0 bridgehead atoms. The first-order chi connectivity index (χ1) is 11.5. The van der Waals surface area contributed by atoms with E-state index < -0.39 is 5.97 Å². The van der Waals surface area contributed by atoms with Crippen LogP contribution in [0.3, 0.4) is 0 Å². The normalized spacial score (nSPS) is 10.6. The van der Waals surface area contributed by atoms with Crippen LogP contribution in [0.1, 0.15) is 47.3 Å². The SMILES string of the molecule is Cc1ccccc1-n1ncc(C(=O)NCCCCCC(=O)O)c1C. The van der Waals surface area contributed by atoms with Gasteiger partial charge in [0.1, 0.15) is 0 Å². The van der Waals surface area contributed by atoms with Crippen LogP contribution in [0.2, 0.25) is 0 Å². The molecule has 1 heterocycles. The van der Waals surface area contributed by atoms with Gasteiger partial charge in [-0.1, -0.05) is 24.6 Å². The maximum atomic E-state index is 12.3. The molecule has 0 saturated carbocycles. The lowest BCUT2D eigenvalue weighted by Crippen LogP contribution is -2.25. The Morgan fingerprint density at radius 3 is 2.62 bits per heavy atom. The third-order valence-electron chi connectivity index (χ3n) is 3.95. The van der Waals surface area contributed by atoms with Crippen molar-refractivity contribution in [3.8, 4) is 5.69 Å². The number of carbonyl (C=O) groups is 2. The summed E-state index contributed by atoms with van der Waals surface area (Å²) in [6.45, 7) is 4.42. The number of unbranched alkanes of at least 4 members (excludes halogenated alkanes) is 2. The molecule has 0 saturated heterocycles. The van der Waals surface area contributed by atoms with Crippen LogP contribution in [0.25, 0.3) is 5.69 Å². The van der Waals surface area contributed by atoms with E-state index in [0.29, 0.717) is 18.5 Å². The monoisotopic (exact) mass is 329 g/mol. The van der Waals surface area contributed by atoms with E-state index in [9.17, 15) is 9.59 Å². The van der Waals surface area contributed by atoms with Gasteiger partial charge in [-0.05, 0) is 38.3 Å². The largest absolute Gasteiger partial charge is 0.481 e. The summed E-state index contributed by atoms with van der Waals surface area (Å²) >= 11 is 0. The Morgan fingerprint density at radius 2 is 1.92 bits per heavy atom. The summed E-state index contributed by atoms with van der Waals surface area (Å²) < 4.78 is 1.77. The van der Waals surface area contributed by atoms with Crippen LogP contribution in [-0.4, -0.2) is 33.3 Å². The number of nitrogens with zero attached hydrogens (tertiary/aromatic N) is 2. The summed E-state index contributed by atoms with van der Waals surface area (Å²) in [4.78, 5) is 22.7. The highest BCUT2D eigenvalue weighted by molar-refractivity contribution is 5.95. The quantitative estimate of drug-likeness (QED) is 0.729. The highest BCUT2D eigenvalue weighted by atomic mass is 16.4. The van der Waals surface area contributed by atoms with Crippen LogP contribution in [0.15, 0.2) is 30.5 Å². The maximum absolute atomic E-state index is 12.3. The number of amides is 1. The van der Waals surface area contributed by atoms with Gasteiger partial charge in [-0.15, -0.1) is 0 Å². The molecule has 0 aliphatic rings. The van der Waals surface area contributed by atoms with Gasteiger partial charge in [0.05, 0.1) is 23.1 Å². The molecular formula is C18H23N3O3. The highest BCUT2D eigenvalue weighted by Gasteiger charge is 2.15. The van der Waals surface area contributed by atoms with E-state index in [0.717, 1.165) is 29.8 Å². The van der Waals surface area contributed by atoms with E-state index >= 15 is 0 Å². The molecule has 0 radical (unpaired) electrons. The van der Waals surface area contributed by atoms with Crippen molar-refractivity contribution in [3.63, 3.8) is 0 Å². The fourth-order valence-corrected chi connectivity index (χ4v) is 2.55. The van der Waals surface area contributed by atoms with Gasteiger partial charge in [-0.3, -0.25) is 9.59 Å². The summed E-state index contributed by atoms with van der Waals surface area (Å²) in [5, 5.41) is 15.8. The number of nitrogens with one attached hydrogen (secondary N) is 1. The average molecular weight is 329 g/mol. The Labute approximate surface area is 141 Å². The minimum absolute atomic E-state index is 0.148. The standard InChI is InChI=1S/C18H23N3O3/c1-13-8-5-6-9-16(13)21-14(2)15(12-20-21)18(24)19-11-7-3-4-10-17(22)23/h5-6,8-9,12H,3-4,7,10-11H2,1-2H3,(H,19,24)(H,22,23). The average Bonchev–Trinajstić information content (AvgIpc) is 2.92. The smallest absolute Gasteiger partial charge is 0.303 e. The molecule has 1 aromatic carbocycles. The van der Waals surface area contributed by atoms with Gasteiger partial charge in [0.2, 0.25) is 0 Å². The zero-order valence-corrected chi connectivity index (χ0v) is 14.1. The number of benzene rings is 1. The number of aromatic nitrogens is 2. The zero-order valence-electron chi connectivity index (χ0n) is 14.1. The van der Waals surface area contributed by atoms with E-state index in [4.69, 9.17) is 5.11 Å². The van der Waals surface area contributed by atoms with Crippen LogP contribution < -0.4 is 5.32 Å². The Morgan fingerprint density at radius 1 is 1.17 bits per heavy atom. The van der Waals surface area contributed by atoms with E-state index in [2.05, 4.69) is 10.4 Å². The van der Waals surface area contributed by atoms with Crippen molar-refractivity contribution in [2.45, 2.75) is 39.5 Å². The van der Waals surface area contributed by atoms with Gasteiger partial charge in [0.25, 0.3) is 5.91 Å². The summed E-state index contributed by atoms with van der Waals surface area (Å²) in [7, 11) is 0. The number of rotatable bonds is 8. The van der Waals surface area contributed by atoms with Crippen LogP contribution in [-0.2, 0) is 4.79 Å². The topological polar surface area (TPSA) is 84.2 Å². The summed E-state index contributed by atoms with van der Waals surface area (Å²) in [5.41, 5.74) is 3.41. The lowest BCUT2D eigenvalue weighted by Gasteiger charge is -2.09. The maximum Gasteiger partial charge on any atom is 0.303 e. The van der Waals surface area contributed by atoms with E-state index in [1.165, 1.54) is 0 Å². The molecule has 0 spiro atoms. The first-order valence-corrected chi connectivity index (χ1v) is 8.11. The molecule has 24 heavy (non-hydrogen) atoms. The number of aryl methyl sites for hydroxylation is 1. The summed E-state index contributed by atoms with van der Waals surface area (Å²) in [6, 6.07) is 7.89. The molecule has 0 fully saturated rings. The zero-order chi connectivity index (χ0) is 17.5. The number of para-hydroxylation sites is 1. The van der Waals surface area contributed by atoms with Crippen molar-refractivity contribution >= 4 is 11.9 Å². The molecule has 128 valence electrons. The van der Waals surface area contributed by atoms with Crippen molar-refractivity contribution < 1.29 is 14.7 Å². The Bertz CT molecular complexity index is 722. The molecule has 0 atom stereocenters. The Hall–Kier alpha value is -2.63. The van der Waals surface area contributed by atoms with Crippen molar-refractivity contribution in [2.24, 2.45) is 0 Å². The van der Waals surface area contributed by atoms with Crippen LogP contribution >= 0.6 is 0 Å². The molecule has 1 amide bonds. The van der Waals surface area contributed by atoms with Crippen molar-refractivity contribution in [1.29, 1.82) is 0 Å². The Balaban J connectivity index is 1.92. The minimum atomic E-state index is -0.779. The van der Waals surface area contributed by atoms with E-state index in [1.54, 1.807) is 10.9 Å². The van der Waals surface area contributed by atoms with Gasteiger partial charge >= 0.3 is 5.97 Å². The van der Waals surface area contributed by atoms with Crippen molar-refractivity contribution in [3.05, 3.63) is 47.3 Å². The van der Waals surface area contributed by atoms with Gasteiger partial charge in [-0.2, -0.15) is 5.10 Å². The van der Waals surface area contributed by atoms with Crippen LogP contribution in [0.4, 0.5) is 0 Å². The number of hydrogen-bond acceptors (Lipinski definition) is 3. The number of hydrogen-bond donors (Lipinski definition) is 2. The molecule has 0 aliphatic carbocycles. The molecule has 0 unspecified atom stereocenters. The second kappa shape index (κ2) is 8.29. The fourth-order valence-electron chi connectivity index (χ4n) is 2.55. The first-order valence-electron chi connectivity index (χ1n) is 8.11. The van der Waals surface area contributed by atoms with E-state index in [1.807, 2.05) is 38.1 Å². The van der Waals surface area contributed by atoms with Crippen LogP contribution in [0.5, 0.6) is 0 Å². The molecule has 0 aliphatic heterocycles. The predicted molar refractivity (Wildman–Crippen MR) is 91.5 cm³/mol. The molecule has 2 aromatic rings. The minimum Gasteiger partial charge on any atom is -0.481 e. The Kier molecular flexibility index (Phi) is 6.12. The molecule has 2 rings (SSSR count). The molecule has 6 nitrogen and oxygen atoms in total. The number of carboxylic acids is 1. The van der Waals surface area contributed by atoms with Gasteiger partial charge in [-0.25, -0.2) is 4.68 Å². The number of aliphatic carboxylic acids is 1. The lowest BCUT2D eigenvalue weighted by atomic mass is 10.2. The van der Waals surface area contributed by atoms with Crippen molar-refractivity contribution in [1.82, 2.24) is 15.1 Å².